The van der Waals surface area contributed by atoms with Gasteiger partial charge in [-0.2, -0.15) is 0 Å². The standard InChI is InChI=1S/C21H21ClO9/c22-11-3-1-10(2-4-11)14(24)8-16(26)13-6-5-12(7-15(13)25)30-21-20(29)19(28)18(27)17(9-23)31-21/h1-7,17-21,23,25,27-29H,8-9H2/t17-,18-,19+,20-,21?/m1/s1. The van der Waals surface area contributed by atoms with Crippen molar-refractivity contribution in [3.05, 3.63) is 58.6 Å². The molecule has 1 fully saturated rings. The van der Waals surface area contributed by atoms with Crippen LogP contribution >= 0.6 is 11.6 Å². The van der Waals surface area contributed by atoms with Crippen LogP contribution in [0.1, 0.15) is 27.1 Å². The molecular weight excluding hydrogens is 432 g/mol. The maximum atomic E-state index is 12.4. The summed E-state index contributed by atoms with van der Waals surface area (Å²) in [6.45, 7) is -0.620. The van der Waals surface area contributed by atoms with Crippen LogP contribution in [0.3, 0.4) is 0 Å². The average molecular weight is 453 g/mol. The molecule has 0 amide bonds. The second kappa shape index (κ2) is 9.73. The number of hydrogen-bond donors (Lipinski definition) is 5. The Hall–Kier alpha value is -2.53. The molecule has 1 aliphatic rings. The number of Topliss-reactive ketones (excluding diaryl/α,β-unsaturated/α-hetero) is 2. The largest absolute Gasteiger partial charge is 0.507 e. The molecule has 5 N–H and O–H groups in total. The number of carbonyl (C=O) groups is 2. The fraction of sp³-hybridized carbons (Fsp3) is 0.333. The minimum Gasteiger partial charge on any atom is -0.507 e. The van der Waals surface area contributed by atoms with E-state index in [0.29, 0.717) is 10.6 Å². The quantitative estimate of drug-likeness (QED) is 0.301. The van der Waals surface area contributed by atoms with Gasteiger partial charge in [0, 0.05) is 16.7 Å². The van der Waals surface area contributed by atoms with Crippen molar-refractivity contribution in [1.29, 1.82) is 0 Å². The maximum absolute atomic E-state index is 12.4. The number of carbonyl (C=O) groups excluding carboxylic acids is 2. The summed E-state index contributed by atoms with van der Waals surface area (Å²) in [6, 6.07) is 9.68. The van der Waals surface area contributed by atoms with Gasteiger partial charge in [-0.25, -0.2) is 0 Å². The van der Waals surface area contributed by atoms with Gasteiger partial charge in [0.15, 0.2) is 11.6 Å². The summed E-state index contributed by atoms with van der Waals surface area (Å²) in [5, 5.41) is 49.5. The first kappa shape index (κ1) is 23.1. The van der Waals surface area contributed by atoms with Crippen molar-refractivity contribution in [1.82, 2.24) is 0 Å². The Morgan fingerprint density at radius 1 is 0.968 bits per heavy atom. The minimum atomic E-state index is -1.63. The monoisotopic (exact) mass is 452 g/mol. The summed E-state index contributed by atoms with van der Waals surface area (Å²) in [4.78, 5) is 24.7. The van der Waals surface area contributed by atoms with Crippen LogP contribution in [-0.4, -0.2) is 74.4 Å². The van der Waals surface area contributed by atoms with E-state index in [2.05, 4.69) is 0 Å². The van der Waals surface area contributed by atoms with E-state index >= 15 is 0 Å². The smallest absolute Gasteiger partial charge is 0.229 e. The van der Waals surface area contributed by atoms with Crippen LogP contribution in [-0.2, 0) is 4.74 Å². The van der Waals surface area contributed by atoms with Gasteiger partial charge in [0.1, 0.15) is 35.9 Å². The topological polar surface area (TPSA) is 154 Å². The normalized spacial score (nSPS) is 25.8. The zero-order valence-electron chi connectivity index (χ0n) is 16.1. The number of aliphatic hydroxyl groups is 4. The number of ketones is 2. The highest BCUT2D eigenvalue weighted by molar-refractivity contribution is 6.30. The van der Waals surface area contributed by atoms with Gasteiger partial charge in [-0.1, -0.05) is 11.6 Å². The second-order valence-electron chi connectivity index (χ2n) is 7.02. The average Bonchev–Trinajstić information content (AvgIpc) is 2.74. The molecule has 9 nitrogen and oxygen atoms in total. The van der Waals surface area contributed by atoms with Gasteiger partial charge in [-0.05, 0) is 36.4 Å². The Morgan fingerprint density at radius 2 is 1.65 bits per heavy atom. The lowest BCUT2D eigenvalue weighted by molar-refractivity contribution is -0.277. The van der Waals surface area contributed by atoms with Gasteiger partial charge in [-0.15, -0.1) is 0 Å². The molecule has 2 aromatic carbocycles. The van der Waals surface area contributed by atoms with E-state index < -0.39 is 61.0 Å². The molecule has 1 unspecified atom stereocenters. The van der Waals surface area contributed by atoms with Crippen molar-refractivity contribution < 1.29 is 44.6 Å². The van der Waals surface area contributed by atoms with Crippen molar-refractivity contribution in [2.75, 3.05) is 6.61 Å². The lowest BCUT2D eigenvalue weighted by atomic mass is 9.99. The SMILES string of the molecule is O=C(CC(=O)c1ccc(OC2O[C@H](CO)[C@@H](O)[C@H](O)[C@H]2O)cc1O)c1ccc(Cl)cc1. The van der Waals surface area contributed by atoms with Gasteiger partial charge in [0.25, 0.3) is 0 Å². The van der Waals surface area contributed by atoms with E-state index in [4.69, 9.17) is 21.1 Å². The number of hydrogen-bond acceptors (Lipinski definition) is 9. The van der Waals surface area contributed by atoms with E-state index in [1.807, 2.05) is 0 Å². The summed E-state index contributed by atoms with van der Waals surface area (Å²) < 4.78 is 10.6. The predicted octanol–water partition coefficient (Wildman–Crippen LogP) is 0.680. The number of benzene rings is 2. The molecule has 31 heavy (non-hydrogen) atoms. The lowest BCUT2D eigenvalue weighted by Crippen LogP contribution is -2.60. The number of ether oxygens (including phenoxy) is 2. The van der Waals surface area contributed by atoms with E-state index in [1.165, 1.54) is 36.4 Å². The molecule has 5 atom stereocenters. The van der Waals surface area contributed by atoms with Crippen molar-refractivity contribution in [3.8, 4) is 11.5 Å². The molecule has 10 heteroatoms. The maximum Gasteiger partial charge on any atom is 0.229 e. The molecule has 0 bridgehead atoms. The van der Waals surface area contributed by atoms with Crippen LogP contribution in [0, 0.1) is 0 Å². The van der Waals surface area contributed by atoms with Crippen molar-refractivity contribution in [2.24, 2.45) is 0 Å². The van der Waals surface area contributed by atoms with Crippen LogP contribution in [0.15, 0.2) is 42.5 Å². The Kier molecular flexibility index (Phi) is 7.26. The highest BCUT2D eigenvalue weighted by Gasteiger charge is 2.44. The number of phenols is 1. The molecule has 166 valence electrons. The molecule has 0 aromatic heterocycles. The Balaban J connectivity index is 1.68. The predicted molar refractivity (Wildman–Crippen MR) is 107 cm³/mol. The third-order valence-electron chi connectivity index (χ3n) is 4.86. The van der Waals surface area contributed by atoms with Gasteiger partial charge in [-0.3, -0.25) is 9.59 Å². The molecule has 0 spiro atoms. The minimum absolute atomic E-state index is 0.0117. The first-order chi connectivity index (χ1) is 14.7. The molecule has 1 aliphatic heterocycles. The van der Waals surface area contributed by atoms with E-state index in [0.717, 1.165) is 6.07 Å². The van der Waals surface area contributed by atoms with Gasteiger partial charge >= 0.3 is 0 Å². The Labute approximate surface area is 182 Å². The van der Waals surface area contributed by atoms with Crippen LogP contribution < -0.4 is 4.74 Å². The summed E-state index contributed by atoms with van der Waals surface area (Å²) in [7, 11) is 0. The van der Waals surface area contributed by atoms with E-state index in [1.54, 1.807) is 0 Å². The van der Waals surface area contributed by atoms with Crippen LogP contribution in [0.25, 0.3) is 0 Å². The lowest BCUT2D eigenvalue weighted by Gasteiger charge is -2.39. The van der Waals surface area contributed by atoms with E-state index in [-0.39, 0.29) is 11.3 Å². The molecule has 2 aromatic rings. The van der Waals surface area contributed by atoms with Crippen molar-refractivity contribution in [3.63, 3.8) is 0 Å². The zero-order chi connectivity index (χ0) is 22.7. The summed E-state index contributed by atoms with van der Waals surface area (Å²) in [6.07, 6.45) is -7.85. The Bertz CT molecular complexity index is 944. The highest BCUT2D eigenvalue weighted by Crippen LogP contribution is 2.29. The van der Waals surface area contributed by atoms with Crippen LogP contribution in [0.4, 0.5) is 0 Å². The van der Waals surface area contributed by atoms with Gasteiger partial charge in [0.05, 0.1) is 18.6 Å². The molecule has 3 rings (SSSR count). The van der Waals surface area contributed by atoms with Crippen LogP contribution in [0.2, 0.25) is 5.02 Å². The highest BCUT2D eigenvalue weighted by atomic mass is 35.5. The summed E-state index contributed by atoms with van der Waals surface area (Å²) >= 11 is 5.78. The number of rotatable bonds is 7. The third kappa shape index (κ3) is 5.21. The van der Waals surface area contributed by atoms with Crippen molar-refractivity contribution >= 4 is 23.2 Å². The molecule has 0 aliphatic carbocycles. The fourth-order valence-corrected chi connectivity index (χ4v) is 3.22. The van der Waals surface area contributed by atoms with Crippen molar-refractivity contribution in [2.45, 2.75) is 37.1 Å². The number of phenolic OH excluding ortho intramolecular Hbond substituents is 1. The van der Waals surface area contributed by atoms with Gasteiger partial charge in [0.2, 0.25) is 6.29 Å². The summed E-state index contributed by atoms with van der Waals surface area (Å²) in [5.41, 5.74) is 0.197. The third-order valence-corrected chi connectivity index (χ3v) is 5.11. The fourth-order valence-electron chi connectivity index (χ4n) is 3.10. The first-order valence-electron chi connectivity index (χ1n) is 9.33. The number of halogens is 1. The molecule has 0 radical (unpaired) electrons. The first-order valence-corrected chi connectivity index (χ1v) is 9.71. The number of aromatic hydroxyl groups is 1. The Morgan fingerprint density at radius 3 is 2.26 bits per heavy atom. The molecular formula is C21H21ClO9. The molecule has 1 saturated heterocycles. The summed E-state index contributed by atoms with van der Waals surface area (Å²) in [5.74, 6) is -1.53. The second-order valence-corrected chi connectivity index (χ2v) is 7.46. The van der Waals surface area contributed by atoms with E-state index in [9.17, 15) is 35.1 Å². The van der Waals surface area contributed by atoms with Gasteiger partial charge < -0.3 is 35.0 Å². The zero-order valence-corrected chi connectivity index (χ0v) is 16.8. The molecule has 1 heterocycles. The number of aliphatic hydroxyl groups excluding tert-OH is 4. The molecule has 0 saturated carbocycles. The van der Waals surface area contributed by atoms with Crippen LogP contribution in [0.5, 0.6) is 11.5 Å².